The fraction of sp³-hybridized carbons (Fsp3) is 1.00. The molecule has 6 unspecified atom stereocenters. The van der Waals surface area contributed by atoms with Crippen LogP contribution < -0.4 is 0 Å². The Hall–Kier alpha value is 0.540. The summed E-state index contributed by atoms with van der Waals surface area (Å²) < 4.78 is 0. The van der Waals surface area contributed by atoms with Crippen molar-refractivity contribution < 1.29 is 5.11 Å². The average molecular weight is 377 g/mol. The summed E-state index contributed by atoms with van der Waals surface area (Å²) in [5, 5.41) is 11.0. The number of rotatable bonds is 4. The third kappa shape index (κ3) is 5.78. The first-order valence-corrected chi connectivity index (χ1v) is 10.8. The van der Waals surface area contributed by atoms with E-state index in [1.807, 2.05) is 0 Å². The van der Waals surface area contributed by atoms with Crippen molar-refractivity contribution in [3.63, 3.8) is 0 Å². The second-order valence-corrected chi connectivity index (χ2v) is 11.7. The predicted octanol–water partition coefficient (Wildman–Crippen LogP) is 6.63. The molecule has 0 aromatic heterocycles. The normalized spacial score (nSPS) is 39.0. The Kier molecular flexibility index (Phi) is 6.99. The van der Waals surface area contributed by atoms with Crippen molar-refractivity contribution in [1.82, 2.24) is 0 Å². The van der Waals surface area contributed by atoms with Crippen LogP contribution in [0.3, 0.4) is 0 Å². The molecule has 2 aliphatic rings. The maximum absolute atomic E-state index is 10.6. The first kappa shape index (κ1) is 20.8. The molecule has 1 nitrogen and oxygen atoms in total. The monoisotopic (exact) mass is 376 g/mol. The molecule has 1 N–H and O–H groups in total. The largest absolute Gasteiger partial charge is 0.393 e. The first-order chi connectivity index (χ1) is 11.0. The Morgan fingerprint density at radius 1 is 0.875 bits per heavy atom. The topological polar surface area (TPSA) is 20.2 Å². The Morgan fingerprint density at radius 2 is 1.54 bits per heavy atom. The molecule has 0 aromatic rings. The van der Waals surface area contributed by atoms with Gasteiger partial charge in [0, 0.05) is 10.8 Å². The van der Waals surface area contributed by atoms with Crippen LogP contribution in [0.15, 0.2) is 0 Å². The molecule has 0 aromatic carbocycles. The van der Waals surface area contributed by atoms with Crippen molar-refractivity contribution >= 4 is 23.2 Å². The van der Waals surface area contributed by atoms with Crippen molar-refractivity contribution in [3.05, 3.63) is 0 Å². The molecule has 2 aliphatic carbocycles. The zero-order valence-corrected chi connectivity index (χ0v) is 17.8. The molecule has 0 bridgehead atoms. The van der Waals surface area contributed by atoms with Crippen LogP contribution in [0.4, 0.5) is 0 Å². The summed E-state index contributed by atoms with van der Waals surface area (Å²) in [4.78, 5) is 0. The van der Waals surface area contributed by atoms with Crippen molar-refractivity contribution in [2.24, 2.45) is 28.6 Å². The number of aliphatic hydroxyl groups excluding tert-OH is 1. The summed E-state index contributed by atoms with van der Waals surface area (Å²) in [6, 6.07) is 0. The van der Waals surface area contributed by atoms with E-state index in [-0.39, 0.29) is 16.9 Å². The lowest BCUT2D eigenvalue weighted by atomic mass is 9.61. The zero-order valence-electron chi connectivity index (χ0n) is 16.3. The first-order valence-electron chi connectivity index (χ1n) is 9.94. The maximum atomic E-state index is 10.6. The summed E-state index contributed by atoms with van der Waals surface area (Å²) in [6.07, 6.45) is 8.61. The standard InChI is InChI=1S/C21H38Cl2O/c1-20(2,3)13-21(4,5)16-7-9-19(24)15(11-16)10-14-6-8-17(22)12-18(14)23/h14-19,24H,6-13H2,1-5H3. The van der Waals surface area contributed by atoms with Gasteiger partial charge in [0.15, 0.2) is 0 Å². The van der Waals surface area contributed by atoms with Crippen LogP contribution in [0.2, 0.25) is 0 Å². The van der Waals surface area contributed by atoms with Crippen LogP contribution in [0.1, 0.15) is 86.0 Å². The maximum Gasteiger partial charge on any atom is 0.0568 e. The Bertz CT molecular complexity index is 401. The predicted molar refractivity (Wildman–Crippen MR) is 106 cm³/mol. The quantitative estimate of drug-likeness (QED) is 0.545. The van der Waals surface area contributed by atoms with E-state index in [0.717, 1.165) is 38.5 Å². The third-order valence-corrected chi connectivity index (χ3v) is 7.41. The molecule has 0 aliphatic heterocycles. The molecular weight excluding hydrogens is 339 g/mol. The van der Waals surface area contributed by atoms with Crippen molar-refractivity contribution in [2.75, 3.05) is 0 Å². The molecule has 0 heterocycles. The van der Waals surface area contributed by atoms with Gasteiger partial charge in [0.1, 0.15) is 0 Å². The number of alkyl halides is 2. The fourth-order valence-electron chi connectivity index (χ4n) is 5.51. The number of halogens is 2. The zero-order chi connectivity index (χ0) is 18.1. The fourth-order valence-corrected chi connectivity index (χ4v) is 6.36. The third-order valence-electron chi connectivity index (χ3n) is 6.48. The minimum atomic E-state index is -0.135. The molecule has 3 heteroatoms. The van der Waals surface area contributed by atoms with Gasteiger partial charge in [0.25, 0.3) is 0 Å². The van der Waals surface area contributed by atoms with Crippen LogP contribution in [-0.4, -0.2) is 22.0 Å². The summed E-state index contributed by atoms with van der Waals surface area (Å²) in [5.41, 5.74) is 0.694. The Balaban J connectivity index is 1.97. The second kappa shape index (κ2) is 8.05. The van der Waals surface area contributed by atoms with E-state index in [1.54, 1.807) is 0 Å². The SMILES string of the molecule is CC(C)(C)CC(C)(C)C1CCC(O)C(CC2CCC(Cl)CC2Cl)C1. The van der Waals surface area contributed by atoms with Crippen LogP contribution in [0.5, 0.6) is 0 Å². The molecule has 2 fully saturated rings. The summed E-state index contributed by atoms with van der Waals surface area (Å²) in [7, 11) is 0. The van der Waals surface area contributed by atoms with Gasteiger partial charge in [0.2, 0.25) is 0 Å². The van der Waals surface area contributed by atoms with E-state index < -0.39 is 0 Å². The van der Waals surface area contributed by atoms with Crippen LogP contribution in [-0.2, 0) is 0 Å². The van der Waals surface area contributed by atoms with Gasteiger partial charge >= 0.3 is 0 Å². The Labute approximate surface area is 159 Å². The van der Waals surface area contributed by atoms with E-state index in [4.69, 9.17) is 23.2 Å². The van der Waals surface area contributed by atoms with E-state index in [1.165, 1.54) is 12.8 Å². The van der Waals surface area contributed by atoms with Crippen LogP contribution >= 0.6 is 23.2 Å². The number of hydrogen-bond acceptors (Lipinski definition) is 1. The van der Waals surface area contributed by atoms with Crippen LogP contribution in [0.25, 0.3) is 0 Å². The molecule has 24 heavy (non-hydrogen) atoms. The average Bonchev–Trinajstić information content (AvgIpc) is 2.41. The molecule has 2 saturated carbocycles. The molecule has 142 valence electrons. The second-order valence-electron chi connectivity index (χ2n) is 10.5. The van der Waals surface area contributed by atoms with E-state index in [9.17, 15) is 5.11 Å². The van der Waals surface area contributed by atoms with Gasteiger partial charge in [-0.25, -0.2) is 0 Å². The minimum Gasteiger partial charge on any atom is -0.393 e. The molecule has 6 atom stereocenters. The van der Waals surface area contributed by atoms with E-state index in [2.05, 4.69) is 34.6 Å². The summed E-state index contributed by atoms with van der Waals surface area (Å²) in [5.74, 6) is 1.66. The highest BCUT2D eigenvalue weighted by Gasteiger charge is 2.41. The lowest BCUT2D eigenvalue weighted by Gasteiger charge is -2.45. The highest BCUT2D eigenvalue weighted by atomic mass is 35.5. The Morgan fingerprint density at radius 3 is 2.12 bits per heavy atom. The van der Waals surface area contributed by atoms with Crippen molar-refractivity contribution in [2.45, 2.75) is 103 Å². The lowest BCUT2D eigenvalue weighted by Crippen LogP contribution is -2.39. The lowest BCUT2D eigenvalue weighted by molar-refractivity contribution is -0.00774. The number of aliphatic hydroxyl groups is 1. The smallest absolute Gasteiger partial charge is 0.0568 e. The van der Waals surface area contributed by atoms with Crippen molar-refractivity contribution in [3.8, 4) is 0 Å². The highest BCUT2D eigenvalue weighted by molar-refractivity contribution is 6.23. The van der Waals surface area contributed by atoms with Gasteiger partial charge in [0.05, 0.1) is 6.10 Å². The van der Waals surface area contributed by atoms with Crippen molar-refractivity contribution in [1.29, 1.82) is 0 Å². The van der Waals surface area contributed by atoms with Gasteiger partial charge in [-0.1, -0.05) is 34.6 Å². The molecule has 0 radical (unpaired) electrons. The van der Waals surface area contributed by atoms with Gasteiger partial charge in [-0.3, -0.25) is 0 Å². The van der Waals surface area contributed by atoms with Gasteiger partial charge in [-0.05, 0) is 80.0 Å². The molecule has 0 amide bonds. The van der Waals surface area contributed by atoms with Gasteiger partial charge in [-0.15, -0.1) is 23.2 Å². The molecule has 0 spiro atoms. The highest BCUT2D eigenvalue weighted by Crippen LogP contribution is 2.48. The van der Waals surface area contributed by atoms with Gasteiger partial charge < -0.3 is 5.11 Å². The summed E-state index contributed by atoms with van der Waals surface area (Å²) in [6.45, 7) is 11.9. The minimum absolute atomic E-state index is 0.135. The summed E-state index contributed by atoms with van der Waals surface area (Å²) >= 11 is 12.9. The van der Waals surface area contributed by atoms with E-state index >= 15 is 0 Å². The van der Waals surface area contributed by atoms with E-state index in [0.29, 0.717) is 28.6 Å². The molecule has 0 saturated heterocycles. The molecule has 2 rings (SSSR count). The van der Waals surface area contributed by atoms with Crippen LogP contribution in [0, 0.1) is 28.6 Å². The number of hydrogen-bond donors (Lipinski definition) is 1. The molecular formula is C21H38Cl2O. The van der Waals surface area contributed by atoms with Gasteiger partial charge in [-0.2, -0.15) is 0 Å².